The first kappa shape index (κ1) is 14.1. The van der Waals surface area contributed by atoms with Crippen LogP contribution < -0.4 is 5.32 Å². The molecule has 0 bridgehead atoms. The summed E-state index contributed by atoms with van der Waals surface area (Å²) in [6, 6.07) is 1.88. The van der Waals surface area contributed by atoms with Gasteiger partial charge in [0.1, 0.15) is 0 Å². The SMILES string of the molecule is Cc1cc(C(=O)N(CC2CCNCC2)C(C)C)on1. The van der Waals surface area contributed by atoms with Crippen molar-refractivity contribution in [1.82, 2.24) is 15.4 Å². The summed E-state index contributed by atoms with van der Waals surface area (Å²) in [5.41, 5.74) is 0.744. The monoisotopic (exact) mass is 265 g/mol. The van der Waals surface area contributed by atoms with Crippen molar-refractivity contribution < 1.29 is 9.32 Å². The van der Waals surface area contributed by atoms with E-state index in [1.54, 1.807) is 6.07 Å². The predicted octanol–water partition coefficient (Wildman–Crippen LogP) is 1.83. The van der Waals surface area contributed by atoms with Crippen LogP contribution in [0, 0.1) is 12.8 Å². The van der Waals surface area contributed by atoms with E-state index in [-0.39, 0.29) is 11.9 Å². The molecular formula is C14H23N3O2. The summed E-state index contributed by atoms with van der Waals surface area (Å²) in [7, 11) is 0. The summed E-state index contributed by atoms with van der Waals surface area (Å²) in [5.74, 6) is 0.880. The Labute approximate surface area is 114 Å². The van der Waals surface area contributed by atoms with Crippen molar-refractivity contribution in [2.75, 3.05) is 19.6 Å². The average Bonchev–Trinajstić information content (AvgIpc) is 2.83. The topological polar surface area (TPSA) is 58.4 Å². The second-order valence-electron chi connectivity index (χ2n) is 5.58. The summed E-state index contributed by atoms with van der Waals surface area (Å²) >= 11 is 0. The van der Waals surface area contributed by atoms with E-state index in [0.717, 1.165) is 38.2 Å². The Morgan fingerprint density at radius 1 is 1.53 bits per heavy atom. The van der Waals surface area contributed by atoms with E-state index in [2.05, 4.69) is 10.5 Å². The largest absolute Gasteiger partial charge is 0.351 e. The van der Waals surface area contributed by atoms with E-state index in [1.807, 2.05) is 25.7 Å². The first-order chi connectivity index (χ1) is 9.08. The summed E-state index contributed by atoms with van der Waals surface area (Å²) in [5, 5.41) is 7.14. The third kappa shape index (κ3) is 3.56. The summed E-state index contributed by atoms with van der Waals surface area (Å²) in [4.78, 5) is 14.3. The van der Waals surface area contributed by atoms with Gasteiger partial charge < -0.3 is 14.7 Å². The highest BCUT2D eigenvalue weighted by Crippen LogP contribution is 2.17. The van der Waals surface area contributed by atoms with Gasteiger partial charge in [0.15, 0.2) is 0 Å². The van der Waals surface area contributed by atoms with Gasteiger partial charge in [0.25, 0.3) is 5.91 Å². The molecule has 0 aliphatic carbocycles. The van der Waals surface area contributed by atoms with E-state index in [1.165, 1.54) is 0 Å². The Morgan fingerprint density at radius 3 is 2.74 bits per heavy atom. The summed E-state index contributed by atoms with van der Waals surface area (Å²) < 4.78 is 5.09. The molecule has 5 nitrogen and oxygen atoms in total. The zero-order valence-electron chi connectivity index (χ0n) is 12.0. The number of rotatable bonds is 4. The minimum Gasteiger partial charge on any atom is -0.351 e. The number of carbonyl (C=O) groups is 1. The van der Waals surface area contributed by atoms with Crippen LogP contribution in [0.2, 0.25) is 0 Å². The van der Waals surface area contributed by atoms with Gasteiger partial charge in [0.05, 0.1) is 5.69 Å². The highest BCUT2D eigenvalue weighted by Gasteiger charge is 2.26. The number of hydrogen-bond acceptors (Lipinski definition) is 4. The van der Waals surface area contributed by atoms with E-state index in [9.17, 15) is 4.79 Å². The van der Waals surface area contributed by atoms with Crippen LogP contribution in [0.5, 0.6) is 0 Å². The molecule has 1 N–H and O–H groups in total. The lowest BCUT2D eigenvalue weighted by Gasteiger charge is -2.32. The van der Waals surface area contributed by atoms with Gasteiger partial charge in [0.2, 0.25) is 5.76 Å². The molecule has 0 saturated carbocycles. The standard InChI is InChI=1S/C14H23N3O2/c1-10(2)17(9-12-4-6-15-7-5-12)14(18)13-8-11(3)16-19-13/h8,10,12,15H,4-7,9H2,1-3H3. The van der Waals surface area contributed by atoms with Crippen molar-refractivity contribution in [3.05, 3.63) is 17.5 Å². The highest BCUT2D eigenvalue weighted by molar-refractivity contribution is 5.91. The van der Waals surface area contributed by atoms with Gasteiger partial charge in [-0.2, -0.15) is 0 Å². The third-order valence-corrected chi connectivity index (χ3v) is 3.64. The third-order valence-electron chi connectivity index (χ3n) is 3.64. The lowest BCUT2D eigenvalue weighted by Crippen LogP contribution is -2.42. The van der Waals surface area contributed by atoms with Crippen molar-refractivity contribution in [2.24, 2.45) is 5.92 Å². The van der Waals surface area contributed by atoms with E-state index in [0.29, 0.717) is 11.7 Å². The first-order valence-corrected chi connectivity index (χ1v) is 7.03. The Morgan fingerprint density at radius 2 is 2.21 bits per heavy atom. The van der Waals surface area contributed by atoms with Crippen molar-refractivity contribution in [3.8, 4) is 0 Å². The van der Waals surface area contributed by atoms with Gasteiger partial charge in [-0.05, 0) is 52.6 Å². The van der Waals surface area contributed by atoms with Gasteiger partial charge in [-0.25, -0.2) is 0 Å². The molecule has 0 atom stereocenters. The molecule has 1 aromatic rings. The Balaban J connectivity index is 2.04. The zero-order chi connectivity index (χ0) is 13.8. The maximum absolute atomic E-state index is 12.4. The number of piperidine rings is 1. The Bertz CT molecular complexity index is 422. The maximum atomic E-state index is 12.4. The quantitative estimate of drug-likeness (QED) is 0.902. The Kier molecular flexibility index (Phi) is 4.58. The van der Waals surface area contributed by atoms with Crippen LogP contribution >= 0.6 is 0 Å². The lowest BCUT2D eigenvalue weighted by atomic mass is 9.97. The molecule has 0 radical (unpaired) electrons. The van der Waals surface area contributed by atoms with E-state index >= 15 is 0 Å². The molecule has 1 saturated heterocycles. The van der Waals surface area contributed by atoms with E-state index < -0.39 is 0 Å². The normalized spacial score (nSPS) is 16.8. The lowest BCUT2D eigenvalue weighted by molar-refractivity contribution is 0.0616. The van der Waals surface area contributed by atoms with Crippen LogP contribution in [0.1, 0.15) is 42.9 Å². The van der Waals surface area contributed by atoms with Crippen molar-refractivity contribution in [3.63, 3.8) is 0 Å². The maximum Gasteiger partial charge on any atom is 0.292 e. The molecule has 106 valence electrons. The van der Waals surface area contributed by atoms with Crippen LogP contribution in [0.3, 0.4) is 0 Å². The van der Waals surface area contributed by atoms with Crippen LogP contribution in [0.15, 0.2) is 10.6 Å². The number of carbonyl (C=O) groups excluding carboxylic acids is 1. The van der Waals surface area contributed by atoms with Gasteiger partial charge >= 0.3 is 0 Å². The van der Waals surface area contributed by atoms with Crippen LogP contribution in [0.4, 0.5) is 0 Å². The van der Waals surface area contributed by atoms with Crippen molar-refractivity contribution in [2.45, 2.75) is 39.7 Å². The van der Waals surface area contributed by atoms with Gasteiger partial charge in [-0.15, -0.1) is 0 Å². The molecule has 0 unspecified atom stereocenters. The minimum absolute atomic E-state index is 0.0471. The summed E-state index contributed by atoms with van der Waals surface area (Å²) in [6.07, 6.45) is 2.26. The smallest absolute Gasteiger partial charge is 0.292 e. The second-order valence-corrected chi connectivity index (χ2v) is 5.58. The van der Waals surface area contributed by atoms with E-state index in [4.69, 9.17) is 4.52 Å². The van der Waals surface area contributed by atoms with Gasteiger partial charge in [-0.1, -0.05) is 5.16 Å². The Hall–Kier alpha value is -1.36. The molecule has 19 heavy (non-hydrogen) atoms. The molecule has 2 rings (SSSR count). The molecule has 2 heterocycles. The predicted molar refractivity (Wildman–Crippen MR) is 73.0 cm³/mol. The fraction of sp³-hybridized carbons (Fsp3) is 0.714. The number of aromatic nitrogens is 1. The fourth-order valence-corrected chi connectivity index (χ4v) is 2.48. The molecule has 0 spiro atoms. The van der Waals surface area contributed by atoms with Crippen molar-refractivity contribution >= 4 is 5.91 Å². The number of aryl methyl sites for hydroxylation is 1. The first-order valence-electron chi connectivity index (χ1n) is 7.03. The van der Waals surface area contributed by atoms with Gasteiger partial charge in [-0.3, -0.25) is 4.79 Å². The minimum atomic E-state index is -0.0471. The molecule has 1 aliphatic rings. The number of amides is 1. The van der Waals surface area contributed by atoms with Crippen LogP contribution in [-0.4, -0.2) is 41.6 Å². The average molecular weight is 265 g/mol. The molecule has 0 aromatic carbocycles. The molecular weight excluding hydrogens is 242 g/mol. The number of nitrogens with zero attached hydrogens (tertiary/aromatic N) is 2. The molecule has 1 aliphatic heterocycles. The molecule has 1 aromatic heterocycles. The summed E-state index contributed by atoms with van der Waals surface area (Å²) in [6.45, 7) is 8.81. The fourth-order valence-electron chi connectivity index (χ4n) is 2.48. The molecule has 1 amide bonds. The van der Waals surface area contributed by atoms with Crippen LogP contribution in [-0.2, 0) is 0 Å². The van der Waals surface area contributed by atoms with Crippen molar-refractivity contribution in [1.29, 1.82) is 0 Å². The molecule has 1 fully saturated rings. The zero-order valence-corrected chi connectivity index (χ0v) is 12.0. The second kappa shape index (κ2) is 6.19. The number of hydrogen-bond donors (Lipinski definition) is 1. The highest BCUT2D eigenvalue weighted by atomic mass is 16.5. The molecule has 5 heteroatoms. The van der Waals surface area contributed by atoms with Gasteiger partial charge in [0, 0.05) is 18.7 Å². The van der Waals surface area contributed by atoms with Crippen LogP contribution in [0.25, 0.3) is 0 Å². The number of nitrogens with one attached hydrogen (secondary N) is 1.